The minimum atomic E-state index is -1.23. The van der Waals surface area contributed by atoms with Crippen LogP contribution in [0.25, 0.3) is 22.4 Å². The van der Waals surface area contributed by atoms with E-state index < -0.39 is 41.5 Å². The number of hydrogen-bond acceptors (Lipinski definition) is 13. The zero-order valence-corrected chi connectivity index (χ0v) is 40.4. The Morgan fingerprint density at radius 3 is 2.17 bits per heavy atom. The monoisotopic (exact) mass is 942 g/mol. The fourth-order valence-electron chi connectivity index (χ4n) is 9.45. The number of carbonyl (C=O) groups excluding carboxylic acids is 5. The molecule has 0 spiro atoms. The topological polar surface area (TPSA) is 243 Å². The Kier molecular flexibility index (Phi) is 18.6. The third-order valence-electron chi connectivity index (χ3n) is 13.0. The molecule has 4 bridgehead atoms. The molecule has 2 heterocycles. The smallest absolute Gasteiger partial charge is 0.226 e. The quantitative estimate of drug-likeness (QED) is 0.0720. The molecule has 2 amide bonds. The number of likely N-dealkylation sites (N-methyl/N-ethyl adjacent to an activating group) is 1. The number of ether oxygens (including phenoxy) is 3. The molecular formula is C54H67N7O8. The van der Waals surface area contributed by atoms with Crippen molar-refractivity contribution in [3.8, 4) is 45.7 Å². The van der Waals surface area contributed by atoms with Gasteiger partial charge in [0.25, 0.3) is 0 Å². The van der Waals surface area contributed by atoms with Gasteiger partial charge in [-0.15, -0.1) is 0 Å². The number of aromatic nitrogens is 1. The summed E-state index contributed by atoms with van der Waals surface area (Å²) in [6.07, 6.45) is 5.62. The van der Waals surface area contributed by atoms with E-state index in [0.717, 1.165) is 24.2 Å². The molecule has 0 radical (unpaired) electrons. The highest BCUT2D eigenvalue weighted by molar-refractivity contribution is 6.02. The summed E-state index contributed by atoms with van der Waals surface area (Å²) in [4.78, 5) is 77.6. The summed E-state index contributed by atoms with van der Waals surface area (Å²) in [5.74, 6) is -2.23. The first kappa shape index (κ1) is 51.9. The van der Waals surface area contributed by atoms with E-state index in [1.54, 1.807) is 44.2 Å². The van der Waals surface area contributed by atoms with Gasteiger partial charge in [-0.05, 0) is 130 Å². The maximum Gasteiger partial charge on any atom is 0.226 e. The molecule has 1 aliphatic heterocycles. The van der Waals surface area contributed by atoms with E-state index in [1.165, 1.54) is 31.2 Å². The molecule has 4 aromatic rings. The standard InChI is InChI=1S/C54H67N7O8/c1-33-27-44(37-13-16-41(17-14-37)69-40-9-6-5-7-10-40)59-35(3)51(33)47(63)32-39(20-22-56)54(66)61(4)52-38-15-19-50(68-26-24-58)43(31-38)42-29-36(12-18-49(42)67-25-23-57)30-45(46(62)11-8-21-55)60-53(65)34(2)28-48(52)64/h12-19,27,29,31,34,39-40,45,52H,5-11,20,22-26,28,30,32,56-58H2,1-4H3,(H,60,65)/t34-,39-,45+,52+/m1/s1. The van der Waals surface area contributed by atoms with Crippen LogP contribution in [0.1, 0.15) is 110 Å². The fraction of sp³-hybridized carbons (Fsp3) is 0.463. The number of aryl methyl sites for hydroxylation is 2. The number of nitriles is 1. The number of hydrogen-bond donors (Lipinski definition) is 4. The number of pyridine rings is 1. The van der Waals surface area contributed by atoms with E-state index in [2.05, 4.69) is 5.32 Å². The lowest BCUT2D eigenvalue weighted by molar-refractivity contribution is -0.142. The Bertz CT molecular complexity index is 2490. The van der Waals surface area contributed by atoms with Crippen LogP contribution in [0, 0.1) is 37.0 Å². The number of nitrogens with one attached hydrogen (secondary N) is 1. The zero-order chi connectivity index (χ0) is 49.6. The zero-order valence-electron chi connectivity index (χ0n) is 40.4. The van der Waals surface area contributed by atoms with Crippen molar-refractivity contribution in [1.82, 2.24) is 15.2 Å². The van der Waals surface area contributed by atoms with Crippen LogP contribution in [0.3, 0.4) is 0 Å². The second-order valence-corrected chi connectivity index (χ2v) is 18.3. The predicted molar refractivity (Wildman–Crippen MR) is 264 cm³/mol. The second kappa shape index (κ2) is 24.7. The highest BCUT2D eigenvalue weighted by Gasteiger charge is 2.36. The third-order valence-corrected chi connectivity index (χ3v) is 13.0. The molecule has 7 N–H and O–H groups in total. The Morgan fingerprint density at radius 2 is 1.54 bits per heavy atom. The van der Waals surface area contributed by atoms with Crippen molar-refractivity contribution in [1.29, 1.82) is 5.26 Å². The van der Waals surface area contributed by atoms with Crippen molar-refractivity contribution in [2.75, 3.05) is 39.9 Å². The molecule has 0 unspecified atom stereocenters. The molecule has 69 heavy (non-hydrogen) atoms. The van der Waals surface area contributed by atoms with Crippen LogP contribution < -0.4 is 36.7 Å². The fourth-order valence-corrected chi connectivity index (χ4v) is 9.45. The first-order valence-electron chi connectivity index (χ1n) is 24.2. The molecule has 3 aromatic carbocycles. The third kappa shape index (κ3) is 13.2. The van der Waals surface area contributed by atoms with Gasteiger partial charge in [0, 0.05) is 85.6 Å². The summed E-state index contributed by atoms with van der Waals surface area (Å²) >= 11 is 0. The van der Waals surface area contributed by atoms with Crippen LogP contribution >= 0.6 is 0 Å². The number of benzene rings is 3. The average molecular weight is 942 g/mol. The van der Waals surface area contributed by atoms with Crippen LogP contribution in [0.4, 0.5) is 0 Å². The molecule has 366 valence electrons. The molecule has 15 nitrogen and oxygen atoms in total. The van der Waals surface area contributed by atoms with Crippen LogP contribution in [-0.4, -0.2) is 91.1 Å². The van der Waals surface area contributed by atoms with E-state index in [4.69, 9.17) is 36.4 Å². The van der Waals surface area contributed by atoms with Crippen molar-refractivity contribution < 1.29 is 38.2 Å². The van der Waals surface area contributed by atoms with Gasteiger partial charge in [0.05, 0.1) is 23.9 Å². The van der Waals surface area contributed by atoms with Gasteiger partial charge in [-0.1, -0.05) is 25.5 Å². The largest absolute Gasteiger partial charge is 0.492 e. The Labute approximate surface area is 405 Å². The molecule has 15 heteroatoms. The lowest BCUT2D eigenvalue weighted by atomic mass is 9.87. The summed E-state index contributed by atoms with van der Waals surface area (Å²) in [5, 5.41) is 12.1. The Hall–Kier alpha value is -6.47. The normalized spacial score (nSPS) is 18.0. The van der Waals surface area contributed by atoms with Gasteiger partial charge in [-0.2, -0.15) is 5.26 Å². The molecule has 1 fully saturated rings. The first-order valence-corrected chi connectivity index (χ1v) is 24.2. The number of ketones is 3. The van der Waals surface area contributed by atoms with Gasteiger partial charge in [0.2, 0.25) is 11.8 Å². The van der Waals surface area contributed by atoms with Crippen molar-refractivity contribution in [3.05, 3.63) is 94.7 Å². The summed E-state index contributed by atoms with van der Waals surface area (Å²) in [6.45, 7) is 6.10. The summed E-state index contributed by atoms with van der Waals surface area (Å²) < 4.78 is 18.5. The minimum absolute atomic E-state index is 0.0299. The molecular weight excluding hydrogens is 875 g/mol. The van der Waals surface area contributed by atoms with Crippen LogP contribution in [0.2, 0.25) is 0 Å². The lowest BCUT2D eigenvalue weighted by Crippen LogP contribution is -2.46. The number of amides is 2. The van der Waals surface area contributed by atoms with E-state index in [0.29, 0.717) is 56.3 Å². The van der Waals surface area contributed by atoms with Gasteiger partial charge in [-0.3, -0.25) is 29.0 Å². The van der Waals surface area contributed by atoms with Gasteiger partial charge in [-0.25, -0.2) is 0 Å². The highest BCUT2D eigenvalue weighted by atomic mass is 16.5. The van der Waals surface area contributed by atoms with Gasteiger partial charge >= 0.3 is 0 Å². The number of Topliss-reactive ketones (excluding diaryl/α,β-unsaturated/α-hetero) is 3. The Balaban J connectivity index is 1.34. The average Bonchev–Trinajstić information content (AvgIpc) is 3.34. The van der Waals surface area contributed by atoms with Crippen molar-refractivity contribution in [2.45, 2.75) is 110 Å². The number of nitrogens with two attached hydrogens (primary N) is 3. The lowest BCUT2D eigenvalue weighted by Gasteiger charge is -2.32. The summed E-state index contributed by atoms with van der Waals surface area (Å²) in [5.41, 5.74) is 23.3. The van der Waals surface area contributed by atoms with Crippen molar-refractivity contribution in [2.24, 2.45) is 29.0 Å². The maximum atomic E-state index is 14.9. The van der Waals surface area contributed by atoms with Crippen molar-refractivity contribution in [3.63, 3.8) is 0 Å². The number of rotatable bonds is 19. The first-order chi connectivity index (χ1) is 33.3. The molecule has 0 saturated heterocycles. The number of carbonyl (C=O) groups is 5. The van der Waals surface area contributed by atoms with Gasteiger partial charge in [0.15, 0.2) is 17.3 Å². The van der Waals surface area contributed by atoms with Crippen molar-refractivity contribution >= 4 is 29.2 Å². The maximum absolute atomic E-state index is 14.9. The molecule has 1 aromatic heterocycles. The summed E-state index contributed by atoms with van der Waals surface area (Å²) in [7, 11) is 1.52. The highest BCUT2D eigenvalue weighted by Crippen LogP contribution is 2.41. The molecule has 4 atom stereocenters. The van der Waals surface area contributed by atoms with E-state index in [1.807, 2.05) is 49.4 Å². The van der Waals surface area contributed by atoms with Gasteiger partial charge < -0.3 is 41.6 Å². The van der Waals surface area contributed by atoms with E-state index >= 15 is 0 Å². The number of fused-ring (bicyclic) bond motifs is 5. The van der Waals surface area contributed by atoms with E-state index in [9.17, 15) is 29.2 Å². The molecule has 1 aliphatic carbocycles. The predicted octanol–water partition coefficient (Wildman–Crippen LogP) is 6.67. The number of nitrogens with zero attached hydrogens (tertiary/aromatic N) is 3. The van der Waals surface area contributed by atoms with Crippen LogP contribution in [0.15, 0.2) is 66.7 Å². The SMILES string of the molecule is Cc1cc(-c2ccc(OC3CCCCC3)cc2)nc(C)c1C(=O)C[C@@H](CCN)C(=O)N(C)[C@@H]1C(=O)C[C@@H](C)C(=O)N[C@H](C(=O)CCC#N)Cc2ccc(OCCN)c(c2)-c2cc1ccc2OCCN. The Morgan fingerprint density at radius 1 is 0.870 bits per heavy atom. The molecule has 1 saturated carbocycles. The van der Waals surface area contributed by atoms with Crippen LogP contribution in [-0.2, 0) is 25.6 Å². The molecule has 2 aliphatic rings. The van der Waals surface area contributed by atoms with E-state index in [-0.39, 0.29) is 89.0 Å². The molecule has 6 rings (SSSR count). The second-order valence-electron chi connectivity index (χ2n) is 18.3. The minimum Gasteiger partial charge on any atom is -0.492 e. The van der Waals surface area contributed by atoms with Crippen LogP contribution in [0.5, 0.6) is 17.2 Å². The van der Waals surface area contributed by atoms with Gasteiger partial charge in [0.1, 0.15) is 36.5 Å². The summed E-state index contributed by atoms with van der Waals surface area (Å²) in [6, 6.07) is 20.0.